The number of anilines is 1. The van der Waals surface area contributed by atoms with E-state index in [2.05, 4.69) is 15.3 Å². The van der Waals surface area contributed by atoms with Gasteiger partial charge in [-0.05, 0) is 31.2 Å². The molecule has 3 rings (SSSR count). The molecule has 0 saturated heterocycles. The normalized spacial score (nSPS) is 10.5. The molecule has 0 saturated carbocycles. The van der Waals surface area contributed by atoms with Gasteiger partial charge in [-0.25, -0.2) is 9.97 Å². The summed E-state index contributed by atoms with van der Waals surface area (Å²) in [6.45, 7) is 2.11. The Kier molecular flexibility index (Phi) is 4.90. The monoisotopic (exact) mass is 365 g/mol. The van der Waals surface area contributed by atoms with Gasteiger partial charge in [-0.2, -0.15) is 0 Å². The van der Waals surface area contributed by atoms with Crippen molar-refractivity contribution >= 4 is 45.3 Å². The van der Waals surface area contributed by atoms with Crippen molar-refractivity contribution in [3.05, 3.63) is 56.4 Å². The number of thiazole rings is 2. The molecule has 0 aliphatic carbocycles. The molecule has 5 nitrogen and oxygen atoms in total. The quantitative estimate of drug-likeness (QED) is 0.728. The van der Waals surface area contributed by atoms with Crippen LogP contribution in [-0.2, 0) is 6.61 Å². The lowest BCUT2D eigenvalue weighted by Gasteiger charge is -2.03. The zero-order chi connectivity index (χ0) is 16.2. The number of benzene rings is 1. The highest BCUT2D eigenvalue weighted by atomic mass is 35.5. The zero-order valence-electron chi connectivity index (χ0n) is 12.1. The number of hydrogen-bond acceptors (Lipinski definition) is 6. The van der Waals surface area contributed by atoms with Gasteiger partial charge >= 0.3 is 0 Å². The van der Waals surface area contributed by atoms with E-state index in [9.17, 15) is 4.79 Å². The number of nitrogens with zero attached hydrogens (tertiary/aromatic N) is 2. The molecule has 0 radical (unpaired) electrons. The van der Waals surface area contributed by atoms with Crippen LogP contribution in [0.15, 0.2) is 35.8 Å². The van der Waals surface area contributed by atoms with E-state index in [0.29, 0.717) is 33.1 Å². The fourth-order valence-corrected chi connectivity index (χ4v) is 3.36. The van der Waals surface area contributed by atoms with Crippen molar-refractivity contribution in [3.8, 4) is 5.75 Å². The first-order valence-corrected chi connectivity index (χ1v) is 8.75. The number of ether oxygens (including phenoxy) is 1. The van der Waals surface area contributed by atoms with Crippen LogP contribution in [0.5, 0.6) is 5.75 Å². The third-order valence-electron chi connectivity index (χ3n) is 2.88. The maximum Gasteiger partial charge on any atom is 0.269 e. The number of aromatic nitrogens is 2. The highest BCUT2D eigenvalue weighted by Gasteiger charge is 2.16. The van der Waals surface area contributed by atoms with Gasteiger partial charge < -0.3 is 4.74 Å². The number of nitrogens with one attached hydrogen (secondary N) is 1. The number of halogens is 1. The molecule has 0 atom stereocenters. The van der Waals surface area contributed by atoms with E-state index in [1.807, 2.05) is 0 Å². The van der Waals surface area contributed by atoms with E-state index in [4.69, 9.17) is 16.3 Å². The maximum atomic E-state index is 12.2. The van der Waals surface area contributed by atoms with Crippen molar-refractivity contribution < 1.29 is 9.53 Å². The van der Waals surface area contributed by atoms with Gasteiger partial charge in [-0.3, -0.25) is 10.1 Å². The Labute approximate surface area is 145 Å². The van der Waals surface area contributed by atoms with Crippen molar-refractivity contribution in [3.63, 3.8) is 0 Å². The van der Waals surface area contributed by atoms with Gasteiger partial charge in [-0.1, -0.05) is 11.6 Å². The molecule has 0 aliphatic rings. The van der Waals surface area contributed by atoms with Gasteiger partial charge in [0.1, 0.15) is 22.2 Å². The molecule has 1 amide bonds. The summed E-state index contributed by atoms with van der Waals surface area (Å²) in [6.07, 6.45) is 1.64. The zero-order valence-corrected chi connectivity index (χ0v) is 14.5. The third kappa shape index (κ3) is 4.07. The molecule has 8 heteroatoms. The number of amides is 1. The van der Waals surface area contributed by atoms with Crippen LogP contribution in [0.2, 0.25) is 5.02 Å². The van der Waals surface area contributed by atoms with Crippen molar-refractivity contribution in [2.45, 2.75) is 13.5 Å². The summed E-state index contributed by atoms with van der Waals surface area (Å²) in [4.78, 5) is 21.2. The van der Waals surface area contributed by atoms with E-state index in [-0.39, 0.29) is 5.91 Å². The minimum Gasteiger partial charge on any atom is -0.486 e. The van der Waals surface area contributed by atoms with Crippen molar-refractivity contribution in [1.82, 2.24) is 9.97 Å². The van der Waals surface area contributed by atoms with Gasteiger partial charge in [0.2, 0.25) is 0 Å². The molecule has 1 N–H and O–H groups in total. The molecule has 0 spiro atoms. The predicted molar refractivity (Wildman–Crippen MR) is 92.7 cm³/mol. The van der Waals surface area contributed by atoms with Crippen LogP contribution in [0.4, 0.5) is 5.13 Å². The minimum atomic E-state index is -0.201. The second-order valence-electron chi connectivity index (χ2n) is 4.56. The Morgan fingerprint density at radius 3 is 2.83 bits per heavy atom. The lowest BCUT2D eigenvalue weighted by molar-refractivity contribution is 0.103. The van der Waals surface area contributed by atoms with E-state index in [1.54, 1.807) is 42.8 Å². The fourth-order valence-electron chi connectivity index (χ4n) is 1.84. The number of carbonyl (C=O) groups is 1. The first-order valence-electron chi connectivity index (χ1n) is 6.67. The second kappa shape index (κ2) is 7.08. The van der Waals surface area contributed by atoms with Gasteiger partial charge in [0.25, 0.3) is 5.91 Å². The van der Waals surface area contributed by atoms with Crippen LogP contribution in [0.3, 0.4) is 0 Å². The molecule has 1 aromatic carbocycles. The highest BCUT2D eigenvalue weighted by Crippen LogP contribution is 2.23. The molecule has 0 unspecified atom stereocenters. The number of rotatable bonds is 5. The minimum absolute atomic E-state index is 0.201. The summed E-state index contributed by atoms with van der Waals surface area (Å²) in [5.74, 6) is 0.503. The van der Waals surface area contributed by atoms with Crippen LogP contribution < -0.4 is 10.1 Å². The maximum absolute atomic E-state index is 12.2. The molecule has 0 bridgehead atoms. The first kappa shape index (κ1) is 15.9. The smallest absolute Gasteiger partial charge is 0.269 e. The van der Waals surface area contributed by atoms with Crippen LogP contribution in [0.25, 0.3) is 0 Å². The van der Waals surface area contributed by atoms with E-state index in [0.717, 1.165) is 5.01 Å². The van der Waals surface area contributed by atoms with Crippen LogP contribution in [0.1, 0.15) is 20.4 Å². The average Bonchev–Trinajstić information content (AvgIpc) is 3.16. The topological polar surface area (TPSA) is 64.1 Å². The Morgan fingerprint density at radius 2 is 2.13 bits per heavy atom. The van der Waals surface area contributed by atoms with E-state index >= 15 is 0 Å². The molecule has 23 heavy (non-hydrogen) atoms. The number of aryl methyl sites for hydroxylation is 1. The highest BCUT2D eigenvalue weighted by molar-refractivity contribution is 7.15. The predicted octanol–water partition coefficient (Wildman–Crippen LogP) is 4.39. The fraction of sp³-hybridized carbons (Fsp3) is 0.133. The summed E-state index contributed by atoms with van der Waals surface area (Å²) in [5.41, 5.74) is 0.679. The molecular weight excluding hydrogens is 354 g/mol. The van der Waals surface area contributed by atoms with Crippen LogP contribution in [-0.4, -0.2) is 15.9 Å². The third-order valence-corrected chi connectivity index (χ3v) is 4.95. The molecular formula is C15H12ClN3O2S2. The second-order valence-corrected chi connectivity index (χ2v) is 6.97. The number of carbonyl (C=O) groups excluding carboxylic acids is 1. The summed E-state index contributed by atoms with van der Waals surface area (Å²) < 4.78 is 5.65. The molecule has 3 aromatic rings. The Bertz CT molecular complexity index is 801. The standard InChI is InChI=1S/C15H12ClN3O2S2/c1-9-13(14(20)19-15-17-6-7-22-15)23-12(18-9)8-21-11-4-2-10(16)3-5-11/h2-7H,8H2,1H3,(H,17,19,20). The van der Waals surface area contributed by atoms with Crippen molar-refractivity contribution in [2.24, 2.45) is 0 Å². The summed E-state index contributed by atoms with van der Waals surface area (Å²) in [7, 11) is 0. The van der Waals surface area contributed by atoms with Crippen molar-refractivity contribution in [2.75, 3.05) is 5.32 Å². The Balaban J connectivity index is 1.65. The van der Waals surface area contributed by atoms with Gasteiger partial charge in [0.05, 0.1) is 5.69 Å². The lowest BCUT2D eigenvalue weighted by atomic mass is 10.3. The first-order chi connectivity index (χ1) is 11.1. The summed E-state index contributed by atoms with van der Waals surface area (Å²) in [5, 5.41) is 6.53. The van der Waals surface area contributed by atoms with E-state index < -0.39 is 0 Å². The SMILES string of the molecule is Cc1nc(COc2ccc(Cl)cc2)sc1C(=O)Nc1nccs1. The van der Waals surface area contributed by atoms with Gasteiger partial charge in [-0.15, -0.1) is 22.7 Å². The van der Waals surface area contributed by atoms with Crippen molar-refractivity contribution in [1.29, 1.82) is 0 Å². The van der Waals surface area contributed by atoms with E-state index in [1.165, 1.54) is 22.7 Å². The largest absolute Gasteiger partial charge is 0.486 e. The van der Waals surface area contributed by atoms with Crippen LogP contribution >= 0.6 is 34.3 Å². The number of hydrogen-bond donors (Lipinski definition) is 1. The summed E-state index contributed by atoms with van der Waals surface area (Å²) >= 11 is 8.52. The molecule has 2 aromatic heterocycles. The van der Waals surface area contributed by atoms with Gasteiger partial charge in [0.15, 0.2) is 5.13 Å². The molecule has 2 heterocycles. The lowest BCUT2D eigenvalue weighted by Crippen LogP contribution is -2.11. The van der Waals surface area contributed by atoms with Gasteiger partial charge in [0, 0.05) is 16.6 Å². The summed E-state index contributed by atoms with van der Waals surface area (Å²) in [6, 6.07) is 7.10. The Morgan fingerprint density at radius 1 is 1.35 bits per heavy atom. The van der Waals surface area contributed by atoms with Crippen LogP contribution in [0, 0.1) is 6.92 Å². The molecule has 0 fully saturated rings. The Hall–Kier alpha value is -1.96. The molecule has 0 aliphatic heterocycles. The average molecular weight is 366 g/mol. The molecule has 118 valence electrons.